The highest BCUT2D eigenvalue weighted by molar-refractivity contribution is 5.79. The number of aryl methyl sites for hydroxylation is 1. The van der Waals surface area contributed by atoms with Gasteiger partial charge in [-0.05, 0) is 49.1 Å². The molecule has 2 aromatic heterocycles. The fraction of sp³-hybridized carbons (Fsp3) is 0.391. The Morgan fingerprint density at radius 2 is 2.04 bits per heavy atom. The zero-order chi connectivity index (χ0) is 19.7. The molecule has 4 rings (SSSR count). The Bertz CT molecular complexity index is 939. The summed E-state index contributed by atoms with van der Waals surface area (Å²) in [6.45, 7) is 7.67. The van der Waals surface area contributed by atoms with E-state index >= 15 is 0 Å². The van der Waals surface area contributed by atoms with E-state index in [1.807, 2.05) is 36.1 Å². The number of furan rings is 1. The molecule has 0 N–H and O–H groups in total. The average molecular weight is 378 g/mol. The standard InChI is InChI=1S/C23H26N2O3/c1-15(2)17-6-8-18(9-7-17)23-24-20(16(3)28-23)13-22(26)25-11-10-19(14-25)21-5-4-12-27-21/h4-9,12,15,19H,10-11,13-14H2,1-3H3. The summed E-state index contributed by atoms with van der Waals surface area (Å²) in [5, 5.41) is 0. The van der Waals surface area contributed by atoms with Crippen molar-refractivity contribution in [2.45, 2.75) is 45.4 Å². The Morgan fingerprint density at radius 3 is 2.71 bits per heavy atom. The third kappa shape index (κ3) is 3.75. The van der Waals surface area contributed by atoms with Crippen molar-refractivity contribution in [2.75, 3.05) is 13.1 Å². The lowest BCUT2D eigenvalue weighted by Crippen LogP contribution is -2.30. The van der Waals surface area contributed by atoms with Gasteiger partial charge in [-0.2, -0.15) is 0 Å². The van der Waals surface area contributed by atoms with E-state index in [-0.39, 0.29) is 18.2 Å². The van der Waals surface area contributed by atoms with Gasteiger partial charge in [0.25, 0.3) is 0 Å². The molecule has 3 aromatic rings. The second kappa shape index (κ2) is 7.66. The average Bonchev–Trinajstić information content (AvgIpc) is 3.43. The molecule has 1 atom stereocenters. The fourth-order valence-corrected chi connectivity index (χ4v) is 3.72. The molecule has 5 heteroatoms. The fourth-order valence-electron chi connectivity index (χ4n) is 3.72. The van der Waals surface area contributed by atoms with Gasteiger partial charge in [-0.1, -0.05) is 26.0 Å². The minimum Gasteiger partial charge on any atom is -0.469 e. The van der Waals surface area contributed by atoms with Crippen molar-refractivity contribution in [2.24, 2.45) is 0 Å². The topological polar surface area (TPSA) is 59.5 Å². The van der Waals surface area contributed by atoms with E-state index in [0.717, 1.165) is 30.0 Å². The van der Waals surface area contributed by atoms with E-state index < -0.39 is 0 Å². The second-order valence-corrected chi connectivity index (χ2v) is 7.82. The molecular weight excluding hydrogens is 352 g/mol. The van der Waals surface area contributed by atoms with Gasteiger partial charge >= 0.3 is 0 Å². The van der Waals surface area contributed by atoms with Gasteiger partial charge < -0.3 is 13.7 Å². The van der Waals surface area contributed by atoms with Crippen LogP contribution in [0.4, 0.5) is 0 Å². The normalized spacial score (nSPS) is 16.9. The van der Waals surface area contributed by atoms with Crippen molar-refractivity contribution >= 4 is 5.91 Å². The molecule has 5 nitrogen and oxygen atoms in total. The molecule has 1 saturated heterocycles. The third-order valence-electron chi connectivity index (χ3n) is 5.52. The molecule has 1 aliphatic heterocycles. The summed E-state index contributed by atoms with van der Waals surface area (Å²) in [6, 6.07) is 12.1. The largest absolute Gasteiger partial charge is 0.469 e. The van der Waals surface area contributed by atoms with Crippen molar-refractivity contribution in [1.29, 1.82) is 0 Å². The zero-order valence-electron chi connectivity index (χ0n) is 16.6. The van der Waals surface area contributed by atoms with Crippen molar-refractivity contribution in [3.05, 3.63) is 65.4 Å². The number of rotatable bonds is 5. The number of nitrogens with zero attached hydrogens (tertiary/aromatic N) is 2. The first kappa shape index (κ1) is 18.5. The summed E-state index contributed by atoms with van der Waals surface area (Å²) in [5.74, 6) is 3.10. The van der Waals surface area contributed by atoms with Crippen LogP contribution in [0.25, 0.3) is 11.5 Å². The highest BCUT2D eigenvalue weighted by Crippen LogP contribution is 2.29. The molecule has 0 aliphatic carbocycles. The van der Waals surface area contributed by atoms with Crippen LogP contribution in [0.15, 0.2) is 51.5 Å². The van der Waals surface area contributed by atoms with Crippen molar-refractivity contribution < 1.29 is 13.6 Å². The first-order valence-electron chi connectivity index (χ1n) is 9.89. The predicted molar refractivity (Wildman–Crippen MR) is 107 cm³/mol. The SMILES string of the molecule is Cc1oc(-c2ccc(C(C)C)cc2)nc1CC(=O)N1CCC(c2ccco2)C1. The summed E-state index contributed by atoms with van der Waals surface area (Å²) in [7, 11) is 0. The summed E-state index contributed by atoms with van der Waals surface area (Å²) < 4.78 is 11.3. The lowest BCUT2D eigenvalue weighted by molar-refractivity contribution is -0.129. The lowest BCUT2D eigenvalue weighted by Gasteiger charge is -2.15. The van der Waals surface area contributed by atoms with Gasteiger partial charge in [-0.15, -0.1) is 0 Å². The van der Waals surface area contributed by atoms with Gasteiger partial charge in [0.1, 0.15) is 11.5 Å². The van der Waals surface area contributed by atoms with Crippen LogP contribution in [0.3, 0.4) is 0 Å². The van der Waals surface area contributed by atoms with Crippen LogP contribution in [0, 0.1) is 6.92 Å². The molecule has 1 amide bonds. The molecule has 0 spiro atoms. The third-order valence-corrected chi connectivity index (χ3v) is 5.52. The Labute approximate surface area is 165 Å². The Kier molecular flexibility index (Phi) is 5.07. The molecule has 1 aliphatic rings. The van der Waals surface area contributed by atoms with Crippen LogP contribution >= 0.6 is 0 Å². The van der Waals surface area contributed by atoms with Crippen molar-refractivity contribution in [3.63, 3.8) is 0 Å². The molecule has 146 valence electrons. The quantitative estimate of drug-likeness (QED) is 0.632. The van der Waals surface area contributed by atoms with Crippen molar-refractivity contribution in [1.82, 2.24) is 9.88 Å². The maximum Gasteiger partial charge on any atom is 0.228 e. The summed E-state index contributed by atoms with van der Waals surface area (Å²) in [4.78, 5) is 19.3. The molecule has 28 heavy (non-hydrogen) atoms. The highest BCUT2D eigenvalue weighted by atomic mass is 16.4. The number of amides is 1. The number of carbonyl (C=O) groups is 1. The Hall–Kier alpha value is -2.82. The molecule has 0 bridgehead atoms. The summed E-state index contributed by atoms with van der Waals surface area (Å²) >= 11 is 0. The maximum atomic E-state index is 12.8. The maximum absolute atomic E-state index is 12.8. The number of benzene rings is 1. The van der Waals surface area contributed by atoms with Gasteiger partial charge in [0, 0.05) is 24.6 Å². The van der Waals surface area contributed by atoms with Gasteiger partial charge in [0.05, 0.1) is 18.4 Å². The van der Waals surface area contributed by atoms with Crippen LogP contribution in [0.2, 0.25) is 0 Å². The number of likely N-dealkylation sites (tertiary alicyclic amines) is 1. The van der Waals surface area contributed by atoms with Gasteiger partial charge in [0.2, 0.25) is 11.8 Å². The Morgan fingerprint density at radius 1 is 1.25 bits per heavy atom. The van der Waals surface area contributed by atoms with E-state index in [1.165, 1.54) is 5.56 Å². The van der Waals surface area contributed by atoms with Crippen LogP contribution in [-0.2, 0) is 11.2 Å². The Balaban J connectivity index is 1.43. The molecule has 1 aromatic carbocycles. The highest BCUT2D eigenvalue weighted by Gasteiger charge is 2.29. The number of hydrogen-bond acceptors (Lipinski definition) is 4. The molecular formula is C23H26N2O3. The molecule has 1 fully saturated rings. The minimum atomic E-state index is 0.0900. The van der Waals surface area contributed by atoms with Gasteiger partial charge in [-0.25, -0.2) is 4.98 Å². The van der Waals surface area contributed by atoms with Crippen LogP contribution in [-0.4, -0.2) is 28.9 Å². The number of hydrogen-bond donors (Lipinski definition) is 0. The van der Waals surface area contributed by atoms with E-state index in [4.69, 9.17) is 8.83 Å². The number of oxazole rings is 1. The molecule has 0 saturated carbocycles. The van der Waals surface area contributed by atoms with Crippen LogP contribution in [0.5, 0.6) is 0 Å². The van der Waals surface area contributed by atoms with E-state index in [0.29, 0.717) is 24.1 Å². The monoisotopic (exact) mass is 378 g/mol. The first-order chi connectivity index (χ1) is 13.5. The van der Waals surface area contributed by atoms with Crippen LogP contribution < -0.4 is 0 Å². The molecule has 3 heterocycles. The van der Waals surface area contributed by atoms with Gasteiger partial charge in [0.15, 0.2) is 0 Å². The molecule has 0 radical (unpaired) electrons. The zero-order valence-corrected chi connectivity index (χ0v) is 16.6. The lowest BCUT2D eigenvalue weighted by atomic mass is 10.0. The predicted octanol–water partition coefficient (Wildman–Crippen LogP) is 4.93. The van der Waals surface area contributed by atoms with Crippen molar-refractivity contribution in [3.8, 4) is 11.5 Å². The van der Waals surface area contributed by atoms with E-state index in [9.17, 15) is 4.79 Å². The summed E-state index contributed by atoms with van der Waals surface area (Å²) in [6.07, 6.45) is 2.89. The van der Waals surface area contributed by atoms with E-state index in [2.05, 4.69) is 31.0 Å². The molecule has 1 unspecified atom stereocenters. The van der Waals surface area contributed by atoms with Gasteiger partial charge in [-0.3, -0.25) is 4.79 Å². The van der Waals surface area contributed by atoms with Crippen LogP contribution in [0.1, 0.15) is 54.9 Å². The number of carbonyl (C=O) groups excluding carboxylic acids is 1. The minimum absolute atomic E-state index is 0.0900. The summed E-state index contributed by atoms with van der Waals surface area (Å²) in [5.41, 5.74) is 2.93. The smallest absolute Gasteiger partial charge is 0.228 e. The number of aromatic nitrogens is 1. The second-order valence-electron chi connectivity index (χ2n) is 7.82. The van der Waals surface area contributed by atoms with E-state index in [1.54, 1.807) is 6.26 Å². The first-order valence-corrected chi connectivity index (χ1v) is 9.89.